The molecule has 1 atom stereocenters. The lowest BCUT2D eigenvalue weighted by Gasteiger charge is -2.32. The molecule has 0 spiro atoms. The Bertz CT molecular complexity index is 765. The molecule has 0 radical (unpaired) electrons. The summed E-state index contributed by atoms with van der Waals surface area (Å²) in [6, 6.07) is 7.71. The van der Waals surface area contributed by atoms with Gasteiger partial charge in [0.2, 0.25) is 5.91 Å². The first kappa shape index (κ1) is 17.3. The molecule has 2 saturated heterocycles. The third-order valence-corrected chi connectivity index (χ3v) is 6.47. The lowest BCUT2D eigenvalue weighted by molar-refractivity contribution is -0.122. The van der Waals surface area contributed by atoms with E-state index in [2.05, 4.69) is 22.8 Å². The Kier molecular flexibility index (Phi) is 5.06. The molecule has 0 saturated carbocycles. The first-order chi connectivity index (χ1) is 12.7. The highest BCUT2D eigenvalue weighted by Gasteiger charge is 2.29. The van der Waals surface area contributed by atoms with Gasteiger partial charge in [-0.2, -0.15) is 0 Å². The summed E-state index contributed by atoms with van der Waals surface area (Å²) in [5.41, 5.74) is 1.06. The highest BCUT2D eigenvalue weighted by atomic mass is 32.1. The minimum Gasteiger partial charge on any atom is -0.354 e. The number of urea groups is 1. The average molecular weight is 372 g/mol. The van der Waals surface area contributed by atoms with E-state index in [-0.39, 0.29) is 11.9 Å². The van der Waals surface area contributed by atoms with Gasteiger partial charge in [-0.25, -0.2) is 9.78 Å². The number of fused-ring (bicyclic) bond motifs is 1. The summed E-state index contributed by atoms with van der Waals surface area (Å²) in [7, 11) is 0. The third kappa shape index (κ3) is 3.67. The van der Waals surface area contributed by atoms with Gasteiger partial charge in [-0.3, -0.25) is 4.79 Å². The van der Waals surface area contributed by atoms with E-state index in [9.17, 15) is 9.59 Å². The lowest BCUT2D eigenvalue weighted by atomic mass is 9.98. The highest BCUT2D eigenvalue weighted by Crippen LogP contribution is 2.33. The fraction of sp³-hybridized carbons (Fsp3) is 0.526. The Morgan fingerprint density at radius 2 is 2.00 bits per heavy atom. The van der Waals surface area contributed by atoms with Crippen LogP contribution in [0.3, 0.4) is 0 Å². The number of thiazole rings is 1. The van der Waals surface area contributed by atoms with Gasteiger partial charge in [0.15, 0.2) is 0 Å². The number of nitrogens with zero attached hydrogens (tertiary/aromatic N) is 2. The molecule has 2 aliphatic rings. The number of carbonyl (C=O) groups excluding carboxylic acids is 2. The average Bonchev–Trinajstić information content (AvgIpc) is 3.00. The van der Waals surface area contributed by atoms with E-state index in [4.69, 9.17) is 4.98 Å². The largest absolute Gasteiger partial charge is 0.354 e. The van der Waals surface area contributed by atoms with Crippen LogP contribution < -0.4 is 10.6 Å². The van der Waals surface area contributed by atoms with E-state index in [1.807, 2.05) is 17.0 Å². The van der Waals surface area contributed by atoms with Gasteiger partial charge < -0.3 is 15.5 Å². The number of benzene rings is 1. The highest BCUT2D eigenvalue weighted by molar-refractivity contribution is 7.18. The molecule has 0 aliphatic carbocycles. The number of aromatic nitrogens is 1. The van der Waals surface area contributed by atoms with Crippen LogP contribution in [0.25, 0.3) is 10.2 Å². The maximum absolute atomic E-state index is 12.5. The van der Waals surface area contributed by atoms with Crippen molar-refractivity contribution in [2.24, 2.45) is 0 Å². The number of rotatable bonds is 2. The zero-order valence-electron chi connectivity index (χ0n) is 14.7. The number of carbonyl (C=O) groups is 2. The Labute approximate surface area is 157 Å². The van der Waals surface area contributed by atoms with Crippen molar-refractivity contribution in [2.45, 2.75) is 44.1 Å². The smallest absolute Gasteiger partial charge is 0.318 e. The van der Waals surface area contributed by atoms with Crippen LogP contribution >= 0.6 is 11.3 Å². The predicted molar refractivity (Wildman–Crippen MR) is 102 cm³/mol. The summed E-state index contributed by atoms with van der Waals surface area (Å²) in [6.45, 7) is 2.13. The molecule has 2 N–H and O–H groups in total. The number of amides is 3. The summed E-state index contributed by atoms with van der Waals surface area (Å²) in [4.78, 5) is 31.1. The minimum absolute atomic E-state index is 0.0554. The number of hydrogen-bond donors (Lipinski definition) is 2. The van der Waals surface area contributed by atoms with Crippen LogP contribution in [0.15, 0.2) is 24.3 Å². The van der Waals surface area contributed by atoms with Crippen LogP contribution in [0.4, 0.5) is 4.79 Å². The number of piperidine rings is 1. The zero-order chi connectivity index (χ0) is 17.9. The second kappa shape index (κ2) is 7.61. The molecule has 1 unspecified atom stereocenters. The summed E-state index contributed by atoms with van der Waals surface area (Å²) in [5.74, 6) is 0.359. The van der Waals surface area contributed by atoms with Gasteiger partial charge in [0.1, 0.15) is 6.04 Å². The van der Waals surface area contributed by atoms with Crippen molar-refractivity contribution in [2.75, 3.05) is 19.6 Å². The van der Waals surface area contributed by atoms with Gasteiger partial charge >= 0.3 is 6.03 Å². The van der Waals surface area contributed by atoms with Gasteiger partial charge in [0, 0.05) is 25.6 Å². The van der Waals surface area contributed by atoms with Gasteiger partial charge in [0.25, 0.3) is 0 Å². The maximum Gasteiger partial charge on any atom is 0.318 e. The number of para-hydroxylation sites is 1. The van der Waals surface area contributed by atoms with Crippen molar-refractivity contribution in [1.29, 1.82) is 0 Å². The number of hydrogen-bond acceptors (Lipinski definition) is 4. The summed E-state index contributed by atoms with van der Waals surface area (Å²) in [6.07, 6.45) is 4.50. The van der Waals surface area contributed by atoms with Crippen molar-refractivity contribution < 1.29 is 9.59 Å². The maximum atomic E-state index is 12.5. The first-order valence-corrected chi connectivity index (χ1v) is 10.2. The molecule has 26 heavy (non-hydrogen) atoms. The van der Waals surface area contributed by atoms with Crippen molar-refractivity contribution in [3.05, 3.63) is 29.3 Å². The normalized spacial score (nSPS) is 22.1. The second-order valence-electron chi connectivity index (χ2n) is 7.07. The van der Waals surface area contributed by atoms with Crippen LogP contribution in [0.2, 0.25) is 0 Å². The van der Waals surface area contributed by atoms with Crippen LogP contribution in [-0.2, 0) is 4.79 Å². The van der Waals surface area contributed by atoms with E-state index in [0.29, 0.717) is 25.6 Å². The molecule has 0 bridgehead atoms. The topological polar surface area (TPSA) is 74.3 Å². The fourth-order valence-corrected chi connectivity index (χ4v) is 4.85. The zero-order valence-corrected chi connectivity index (χ0v) is 15.6. The summed E-state index contributed by atoms with van der Waals surface area (Å²) in [5, 5.41) is 6.96. The van der Waals surface area contributed by atoms with E-state index < -0.39 is 6.04 Å². The number of likely N-dealkylation sites (tertiary alicyclic amines) is 1. The van der Waals surface area contributed by atoms with E-state index >= 15 is 0 Å². The van der Waals surface area contributed by atoms with Gasteiger partial charge in [-0.05, 0) is 44.2 Å². The lowest BCUT2D eigenvalue weighted by Crippen LogP contribution is -2.52. The predicted octanol–water partition coefficient (Wildman–Crippen LogP) is 2.85. The summed E-state index contributed by atoms with van der Waals surface area (Å²) < 4.78 is 1.22. The van der Waals surface area contributed by atoms with Crippen molar-refractivity contribution in [3.8, 4) is 0 Å². The molecule has 4 rings (SSSR count). The molecule has 2 aliphatic heterocycles. The Balaban J connectivity index is 1.34. The molecule has 3 amide bonds. The minimum atomic E-state index is -0.396. The molecule has 3 heterocycles. The molecular weight excluding hydrogens is 348 g/mol. The van der Waals surface area contributed by atoms with Crippen LogP contribution in [0.1, 0.15) is 43.0 Å². The second-order valence-corrected chi connectivity index (χ2v) is 8.13. The summed E-state index contributed by atoms with van der Waals surface area (Å²) >= 11 is 1.76. The molecule has 1 aromatic heterocycles. The fourth-order valence-electron chi connectivity index (χ4n) is 3.71. The SMILES string of the molecule is O=C1NCCCCC1NC(=O)N1CCC(c2nc3ccccc3s2)CC1. The molecule has 7 heteroatoms. The molecular formula is C19H24N4O2S. The molecule has 2 aromatic rings. The van der Waals surface area contributed by atoms with Crippen LogP contribution in [0.5, 0.6) is 0 Å². The van der Waals surface area contributed by atoms with Crippen molar-refractivity contribution >= 4 is 33.5 Å². The van der Waals surface area contributed by atoms with Crippen molar-refractivity contribution in [1.82, 2.24) is 20.5 Å². The Morgan fingerprint density at radius 1 is 1.19 bits per heavy atom. The van der Waals surface area contributed by atoms with Crippen LogP contribution in [0, 0.1) is 0 Å². The van der Waals surface area contributed by atoms with Gasteiger partial charge in [-0.15, -0.1) is 11.3 Å². The molecule has 138 valence electrons. The van der Waals surface area contributed by atoms with E-state index in [0.717, 1.165) is 37.6 Å². The van der Waals surface area contributed by atoms with Crippen molar-refractivity contribution in [3.63, 3.8) is 0 Å². The molecule has 1 aromatic carbocycles. The van der Waals surface area contributed by atoms with Gasteiger partial charge in [-0.1, -0.05) is 12.1 Å². The molecule has 2 fully saturated rings. The van der Waals surface area contributed by atoms with Crippen LogP contribution in [-0.4, -0.2) is 47.5 Å². The Morgan fingerprint density at radius 3 is 2.81 bits per heavy atom. The van der Waals surface area contributed by atoms with Gasteiger partial charge in [0.05, 0.1) is 15.2 Å². The molecule has 6 nitrogen and oxygen atoms in total. The number of nitrogens with one attached hydrogen (secondary N) is 2. The standard InChI is InChI=1S/C19H24N4O2S/c24-17-15(6-3-4-10-20-17)22-19(25)23-11-8-13(9-12-23)18-21-14-5-1-2-7-16(14)26-18/h1-2,5,7,13,15H,3-4,6,8-12H2,(H,20,24)(H,22,25). The van der Waals surface area contributed by atoms with E-state index in [1.54, 1.807) is 11.3 Å². The monoisotopic (exact) mass is 372 g/mol. The quantitative estimate of drug-likeness (QED) is 0.851. The Hall–Kier alpha value is -2.15. The first-order valence-electron chi connectivity index (χ1n) is 9.39. The third-order valence-electron chi connectivity index (χ3n) is 5.27. The van der Waals surface area contributed by atoms with E-state index in [1.165, 1.54) is 9.71 Å².